The van der Waals surface area contributed by atoms with E-state index in [9.17, 15) is 4.79 Å². The molecule has 4 nitrogen and oxygen atoms in total. The van der Waals surface area contributed by atoms with Crippen molar-refractivity contribution in [1.29, 1.82) is 0 Å². The monoisotopic (exact) mass is 281 g/mol. The molecule has 0 spiro atoms. The Kier molecular flexibility index (Phi) is 4.04. The quantitative estimate of drug-likeness (QED) is 0.750. The summed E-state index contributed by atoms with van der Waals surface area (Å²) in [5, 5.41) is 7.36. The number of nitrogen functional groups attached to an aromatic ring is 1. The predicted molar refractivity (Wildman–Crippen MR) is 81.8 cm³/mol. The first-order valence-corrected chi connectivity index (χ1v) is 7.71. The number of carbonyl (C=O) groups excluding carboxylic acids is 1. The number of carbonyl (C=O) groups is 1. The van der Waals surface area contributed by atoms with E-state index in [1.165, 1.54) is 24.2 Å². The highest BCUT2D eigenvalue weighted by atomic mass is 32.1. The van der Waals surface area contributed by atoms with Gasteiger partial charge < -0.3 is 16.4 Å². The first kappa shape index (κ1) is 14.2. The van der Waals surface area contributed by atoms with E-state index < -0.39 is 0 Å². The van der Waals surface area contributed by atoms with Gasteiger partial charge in [0.1, 0.15) is 4.88 Å². The average Bonchev–Trinajstić information content (AvgIpc) is 3.12. The van der Waals surface area contributed by atoms with Crippen LogP contribution in [-0.2, 0) is 0 Å². The van der Waals surface area contributed by atoms with Crippen molar-refractivity contribution in [2.75, 3.05) is 17.6 Å². The lowest BCUT2D eigenvalue weighted by Crippen LogP contribution is -2.32. The fraction of sp³-hybridized carbons (Fsp3) is 0.643. The van der Waals surface area contributed by atoms with Gasteiger partial charge in [-0.15, -0.1) is 11.3 Å². The molecule has 0 unspecified atom stereocenters. The van der Waals surface area contributed by atoms with E-state index in [1.54, 1.807) is 0 Å². The van der Waals surface area contributed by atoms with Gasteiger partial charge in [0.25, 0.3) is 5.91 Å². The zero-order chi connectivity index (χ0) is 14.0. The molecule has 0 saturated heterocycles. The molecule has 106 valence electrons. The Balaban J connectivity index is 2.05. The molecule has 0 atom stereocenters. The Morgan fingerprint density at radius 3 is 2.79 bits per heavy atom. The van der Waals surface area contributed by atoms with Crippen LogP contribution in [0.4, 0.5) is 10.7 Å². The van der Waals surface area contributed by atoms with Gasteiger partial charge in [-0.05, 0) is 45.1 Å². The third-order valence-corrected chi connectivity index (χ3v) is 4.61. The summed E-state index contributed by atoms with van der Waals surface area (Å²) in [5.74, 6) is 0.662. The highest BCUT2D eigenvalue weighted by Crippen LogP contribution is 2.42. The van der Waals surface area contributed by atoms with Crippen LogP contribution in [0, 0.1) is 5.92 Å². The minimum atomic E-state index is -0.0679. The second-order valence-corrected chi connectivity index (χ2v) is 6.82. The molecule has 5 heteroatoms. The number of nitrogens with two attached hydrogens (primary N) is 1. The molecule has 1 aliphatic rings. The third-order valence-electron chi connectivity index (χ3n) is 3.55. The van der Waals surface area contributed by atoms with Crippen molar-refractivity contribution in [1.82, 2.24) is 5.32 Å². The molecule has 1 saturated carbocycles. The van der Waals surface area contributed by atoms with Crippen LogP contribution < -0.4 is 16.4 Å². The maximum Gasteiger partial charge on any atom is 0.263 e. The predicted octanol–water partition coefficient (Wildman–Crippen LogP) is 3.07. The van der Waals surface area contributed by atoms with Crippen LogP contribution in [0.5, 0.6) is 0 Å². The van der Waals surface area contributed by atoms with Gasteiger partial charge in [-0.25, -0.2) is 0 Å². The molecule has 2 rings (SSSR count). The Hall–Kier alpha value is -1.23. The largest absolute Gasteiger partial charge is 0.397 e. The van der Waals surface area contributed by atoms with Gasteiger partial charge in [-0.3, -0.25) is 4.79 Å². The van der Waals surface area contributed by atoms with E-state index >= 15 is 0 Å². The first-order valence-electron chi connectivity index (χ1n) is 6.89. The summed E-state index contributed by atoms with van der Waals surface area (Å²) in [4.78, 5) is 12.6. The van der Waals surface area contributed by atoms with E-state index in [0.29, 0.717) is 17.1 Å². The molecule has 0 bridgehead atoms. The summed E-state index contributed by atoms with van der Waals surface area (Å²) in [5.41, 5.74) is 6.57. The summed E-state index contributed by atoms with van der Waals surface area (Å²) in [6.45, 7) is 7.13. The van der Waals surface area contributed by atoms with Gasteiger partial charge in [0.05, 0.1) is 10.7 Å². The molecule has 1 aromatic heterocycles. The zero-order valence-electron chi connectivity index (χ0n) is 11.9. The number of anilines is 2. The maximum atomic E-state index is 11.9. The third kappa shape index (κ3) is 3.41. The Morgan fingerprint density at radius 2 is 2.21 bits per heavy atom. The van der Waals surface area contributed by atoms with Gasteiger partial charge in [0.15, 0.2) is 0 Å². The van der Waals surface area contributed by atoms with Gasteiger partial charge >= 0.3 is 0 Å². The van der Waals surface area contributed by atoms with Crippen molar-refractivity contribution < 1.29 is 4.79 Å². The number of hydrogen-bond donors (Lipinski definition) is 3. The van der Waals surface area contributed by atoms with Crippen LogP contribution in [0.2, 0.25) is 0 Å². The Bertz CT molecular complexity index is 463. The zero-order valence-corrected chi connectivity index (χ0v) is 12.7. The lowest BCUT2D eigenvalue weighted by Gasteiger charge is -2.26. The average molecular weight is 281 g/mol. The highest BCUT2D eigenvalue weighted by Gasteiger charge is 2.38. The van der Waals surface area contributed by atoms with Crippen molar-refractivity contribution >= 4 is 27.9 Å². The van der Waals surface area contributed by atoms with Crippen LogP contribution in [0.15, 0.2) is 6.07 Å². The maximum absolute atomic E-state index is 11.9. The lowest BCUT2D eigenvalue weighted by molar-refractivity contribution is 0.0958. The lowest BCUT2D eigenvalue weighted by atomic mass is 9.99. The summed E-state index contributed by atoms with van der Waals surface area (Å²) in [6, 6.07) is 1.87. The first-order chi connectivity index (χ1) is 8.94. The van der Waals surface area contributed by atoms with Crippen LogP contribution in [0.25, 0.3) is 0 Å². The van der Waals surface area contributed by atoms with Gasteiger partial charge in [0.2, 0.25) is 0 Å². The number of rotatable bonds is 6. The number of thiophene rings is 1. The van der Waals surface area contributed by atoms with E-state index in [0.717, 1.165) is 17.3 Å². The molecular weight excluding hydrogens is 258 g/mol. The molecular formula is C14H23N3OS. The van der Waals surface area contributed by atoms with Crippen molar-refractivity contribution in [2.24, 2.45) is 5.92 Å². The number of amides is 1. The second-order valence-electron chi connectivity index (χ2n) is 5.77. The highest BCUT2D eigenvalue weighted by molar-refractivity contribution is 7.18. The molecule has 19 heavy (non-hydrogen) atoms. The molecule has 1 aromatic rings. The fourth-order valence-electron chi connectivity index (χ4n) is 2.19. The smallest absolute Gasteiger partial charge is 0.263 e. The molecule has 1 aliphatic carbocycles. The molecule has 1 amide bonds. The minimum Gasteiger partial charge on any atom is -0.397 e. The van der Waals surface area contributed by atoms with Crippen LogP contribution in [0.3, 0.4) is 0 Å². The van der Waals surface area contributed by atoms with E-state index in [1.807, 2.05) is 13.0 Å². The van der Waals surface area contributed by atoms with Crippen molar-refractivity contribution in [3.8, 4) is 0 Å². The fourth-order valence-corrected chi connectivity index (χ4v) is 3.25. The molecule has 4 N–H and O–H groups in total. The van der Waals surface area contributed by atoms with Crippen LogP contribution in [-0.4, -0.2) is 18.0 Å². The van der Waals surface area contributed by atoms with Crippen molar-refractivity contribution in [3.63, 3.8) is 0 Å². The van der Waals surface area contributed by atoms with Crippen molar-refractivity contribution in [3.05, 3.63) is 10.9 Å². The van der Waals surface area contributed by atoms with E-state index in [2.05, 4.69) is 24.5 Å². The number of nitrogens with one attached hydrogen (secondary N) is 2. The van der Waals surface area contributed by atoms with Gasteiger partial charge in [-0.2, -0.15) is 0 Å². The minimum absolute atomic E-state index is 0.0679. The van der Waals surface area contributed by atoms with Crippen molar-refractivity contribution in [2.45, 2.75) is 45.6 Å². The molecule has 1 fully saturated rings. The molecule has 0 aliphatic heterocycles. The van der Waals surface area contributed by atoms with E-state index in [4.69, 9.17) is 5.73 Å². The van der Waals surface area contributed by atoms with Crippen LogP contribution >= 0.6 is 11.3 Å². The topological polar surface area (TPSA) is 67.2 Å². The van der Waals surface area contributed by atoms with E-state index in [-0.39, 0.29) is 11.4 Å². The summed E-state index contributed by atoms with van der Waals surface area (Å²) >= 11 is 1.44. The normalized spacial score (nSPS) is 15.3. The molecule has 0 radical (unpaired) electrons. The standard InChI is InChI=1S/C14H23N3OS/c1-4-7-16-13(18)12-10(15)8-11(19-12)17-14(2,3)9-5-6-9/h8-9,17H,4-7,15H2,1-3H3,(H,16,18). The number of hydrogen-bond acceptors (Lipinski definition) is 4. The second kappa shape index (κ2) is 5.41. The molecule has 0 aromatic carbocycles. The molecule has 1 heterocycles. The summed E-state index contributed by atoms with van der Waals surface area (Å²) in [6.07, 6.45) is 3.49. The SMILES string of the molecule is CCCNC(=O)c1sc(NC(C)(C)C2CC2)cc1N. The van der Waals surface area contributed by atoms with Gasteiger partial charge in [0, 0.05) is 12.1 Å². The Morgan fingerprint density at radius 1 is 1.53 bits per heavy atom. The van der Waals surface area contributed by atoms with Gasteiger partial charge in [-0.1, -0.05) is 6.92 Å². The summed E-state index contributed by atoms with van der Waals surface area (Å²) in [7, 11) is 0. The Labute approximate surface area is 118 Å². The van der Waals surface area contributed by atoms with Crippen LogP contribution in [0.1, 0.15) is 49.7 Å². The summed E-state index contributed by atoms with van der Waals surface area (Å²) < 4.78 is 0.